The molecule has 0 atom stereocenters. The molecule has 0 radical (unpaired) electrons. The standard InChI is InChI=1S/C16H27N3O/c1-12(2)19(11-15(20)18-16(3,4)5)10-13-6-8-14(17)9-7-13/h6-9,12H,10-11,17H2,1-5H3,(H,18,20). The van der Waals surface area contributed by atoms with Gasteiger partial charge in [-0.15, -0.1) is 0 Å². The summed E-state index contributed by atoms with van der Waals surface area (Å²) in [5, 5.41) is 3.00. The third-order valence-corrected chi connectivity index (χ3v) is 2.96. The molecule has 112 valence electrons. The summed E-state index contributed by atoms with van der Waals surface area (Å²) >= 11 is 0. The minimum absolute atomic E-state index is 0.0571. The maximum Gasteiger partial charge on any atom is 0.234 e. The van der Waals surface area contributed by atoms with Crippen molar-refractivity contribution in [3.8, 4) is 0 Å². The van der Waals surface area contributed by atoms with Gasteiger partial charge in [0.25, 0.3) is 0 Å². The summed E-state index contributed by atoms with van der Waals surface area (Å²) in [5.74, 6) is 0.0571. The van der Waals surface area contributed by atoms with Gasteiger partial charge in [0.2, 0.25) is 5.91 Å². The molecule has 1 aromatic rings. The number of rotatable bonds is 5. The highest BCUT2D eigenvalue weighted by atomic mass is 16.2. The van der Waals surface area contributed by atoms with Crippen LogP contribution < -0.4 is 11.1 Å². The molecular weight excluding hydrogens is 250 g/mol. The Hall–Kier alpha value is -1.55. The second kappa shape index (κ2) is 6.75. The number of nitrogens with zero attached hydrogens (tertiary/aromatic N) is 1. The maximum absolute atomic E-state index is 12.0. The van der Waals surface area contributed by atoms with Gasteiger partial charge in [-0.1, -0.05) is 12.1 Å². The highest BCUT2D eigenvalue weighted by Gasteiger charge is 2.18. The third kappa shape index (κ3) is 6.06. The zero-order valence-corrected chi connectivity index (χ0v) is 13.2. The molecule has 0 saturated heterocycles. The van der Waals surface area contributed by atoms with E-state index in [1.807, 2.05) is 45.0 Å². The first-order chi connectivity index (χ1) is 9.17. The Morgan fingerprint density at radius 2 is 1.80 bits per heavy atom. The van der Waals surface area contributed by atoms with Crippen molar-refractivity contribution >= 4 is 11.6 Å². The number of nitrogens with two attached hydrogens (primary N) is 1. The van der Waals surface area contributed by atoms with Crippen LogP contribution in [0.5, 0.6) is 0 Å². The lowest BCUT2D eigenvalue weighted by Crippen LogP contribution is -2.47. The molecule has 0 aromatic heterocycles. The number of benzene rings is 1. The number of carbonyl (C=O) groups is 1. The second-order valence-corrected chi connectivity index (χ2v) is 6.54. The predicted molar refractivity (Wildman–Crippen MR) is 84.3 cm³/mol. The van der Waals surface area contributed by atoms with Gasteiger partial charge in [0.05, 0.1) is 6.54 Å². The summed E-state index contributed by atoms with van der Waals surface area (Å²) < 4.78 is 0. The van der Waals surface area contributed by atoms with Gasteiger partial charge in [-0.25, -0.2) is 0 Å². The molecule has 1 rings (SSSR count). The Balaban J connectivity index is 2.65. The van der Waals surface area contributed by atoms with E-state index in [0.717, 1.165) is 17.8 Å². The molecule has 4 nitrogen and oxygen atoms in total. The van der Waals surface area contributed by atoms with Crippen LogP contribution in [0.2, 0.25) is 0 Å². The molecule has 0 aliphatic carbocycles. The number of hydrogen-bond donors (Lipinski definition) is 2. The Bertz CT molecular complexity index is 432. The van der Waals surface area contributed by atoms with E-state index in [0.29, 0.717) is 12.6 Å². The van der Waals surface area contributed by atoms with Crippen LogP contribution in [0.15, 0.2) is 24.3 Å². The van der Waals surface area contributed by atoms with E-state index in [2.05, 4.69) is 24.1 Å². The monoisotopic (exact) mass is 277 g/mol. The molecule has 0 fully saturated rings. The van der Waals surface area contributed by atoms with Crippen molar-refractivity contribution in [3.63, 3.8) is 0 Å². The van der Waals surface area contributed by atoms with Crippen molar-refractivity contribution in [2.75, 3.05) is 12.3 Å². The quantitative estimate of drug-likeness (QED) is 0.813. The van der Waals surface area contributed by atoms with E-state index in [1.165, 1.54) is 0 Å². The Kier molecular flexibility index (Phi) is 5.57. The van der Waals surface area contributed by atoms with Gasteiger partial charge in [0.15, 0.2) is 0 Å². The highest BCUT2D eigenvalue weighted by molar-refractivity contribution is 5.78. The number of anilines is 1. The Morgan fingerprint density at radius 3 is 2.25 bits per heavy atom. The van der Waals surface area contributed by atoms with Crippen LogP contribution in [0.25, 0.3) is 0 Å². The van der Waals surface area contributed by atoms with Gasteiger partial charge < -0.3 is 11.1 Å². The largest absolute Gasteiger partial charge is 0.399 e. The fourth-order valence-corrected chi connectivity index (χ4v) is 1.92. The highest BCUT2D eigenvalue weighted by Crippen LogP contribution is 2.11. The van der Waals surface area contributed by atoms with E-state index in [1.54, 1.807) is 0 Å². The van der Waals surface area contributed by atoms with Crippen molar-refractivity contribution in [2.45, 2.75) is 52.7 Å². The first-order valence-corrected chi connectivity index (χ1v) is 7.07. The van der Waals surface area contributed by atoms with Crippen molar-refractivity contribution in [2.24, 2.45) is 0 Å². The number of carbonyl (C=O) groups excluding carboxylic acids is 1. The average molecular weight is 277 g/mol. The molecule has 3 N–H and O–H groups in total. The normalized spacial score (nSPS) is 11.9. The van der Waals surface area contributed by atoms with Gasteiger partial charge in [-0.3, -0.25) is 9.69 Å². The first kappa shape index (κ1) is 16.5. The molecule has 1 aromatic carbocycles. The number of hydrogen-bond acceptors (Lipinski definition) is 3. The number of nitrogen functional groups attached to an aromatic ring is 1. The fourth-order valence-electron chi connectivity index (χ4n) is 1.92. The lowest BCUT2D eigenvalue weighted by atomic mass is 10.1. The molecule has 0 aliphatic rings. The van der Waals surface area contributed by atoms with Crippen LogP contribution in [0, 0.1) is 0 Å². The van der Waals surface area contributed by atoms with Crippen LogP contribution >= 0.6 is 0 Å². The van der Waals surface area contributed by atoms with E-state index in [-0.39, 0.29) is 11.4 Å². The lowest BCUT2D eigenvalue weighted by molar-refractivity contribution is -0.124. The van der Waals surface area contributed by atoms with E-state index < -0.39 is 0 Å². The summed E-state index contributed by atoms with van der Waals surface area (Å²) in [5.41, 5.74) is 7.42. The summed E-state index contributed by atoms with van der Waals surface area (Å²) in [6.07, 6.45) is 0. The molecular formula is C16H27N3O. The van der Waals surface area contributed by atoms with E-state index in [4.69, 9.17) is 5.73 Å². The summed E-state index contributed by atoms with van der Waals surface area (Å²) in [6, 6.07) is 8.10. The first-order valence-electron chi connectivity index (χ1n) is 7.07. The maximum atomic E-state index is 12.0. The van der Waals surface area contributed by atoms with E-state index >= 15 is 0 Å². The average Bonchev–Trinajstić information content (AvgIpc) is 2.28. The Morgan fingerprint density at radius 1 is 1.25 bits per heavy atom. The van der Waals surface area contributed by atoms with Gasteiger partial charge in [0, 0.05) is 23.8 Å². The third-order valence-electron chi connectivity index (χ3n) is 2.96. The molecule has 1 amide bonds. The molecule has 0 unspecified atom stereocenters. The summed E-state index contributed by atoms with van der Waals surface area (Å²) in [6.45, 7) is 11.3. The fraction of sp³-hybridized carbons (Fsp3) is 0.562. The molecule has 0 bridgehead atoms. The molecule has 0 aliphatic heterocycles. The summed E-state index contributed by atoms with van der Waals surface area (Å²) in [7, 11) is 0. The zero-order valence-electron chi connectivity index (χ0n) is 13.2. The number of nitrogens with one attached hydrogen (secondary N) is 1. The van der Waals surface area contributed by atoms with Crippen LogP contribution in [-0.2, 0) is 11.3 Å². The van der Waals surface area contributed by atoms with Crippen LogP contribution in [0.4, 0.5) is 5.69 Å². The summed E-state index contributed by atoms with van der Waals surface area (Å²) in [4.78, 5) is 14.2. The second-order valence-electron chi connectivity index (χ2n) is 6.54. The van der Waals surface area contributed by atoms with Crippen molar-refractivity contribution < 1.29 is 4.79 Å². The minimum atomic E-state index is -0.194. The predicted octanol–water partition coefficient (Wildman–Crippen LogP) is 2.39. The SMILES string of the molecule is CC(C)N(CC(=O)NC(C)(C)C)Cc1ccc(N)cc1. The minimum Gasteiger partial charge on any atom is -0.399 e. The number of amides is 1. The van der Waals surface area contributed by atoms with Crippen molar-refractivity contribution in [1.29, 1.82) is 0 Å². The van der Waals surface area contributed by atoms with Crippen molar-refractivity contribution in [1.82, 2.24) is 10.2 Å². The smallest absolute Gasteiger partial charge is 0.234 e. The topological polar surface area (TPSA) is 58.4 Å². The Labute approximate surface area is 122 Å². The van der Waals surface area contributed by atoms with Crippen LogP contribution in [0.1, 0.15) is 40.2 Å². The van der Waals surface area contributed by atoms with Gasteiger partial charge >= 0.3 is 0 Å². The molecule has 0 heterocycles. The molecule has 4 heteroatoms. The molecule has 20 heavy (non-hydrogen) atoms. The van der Waals surface area contributed by atoms with Crippen molar-refractivity contribution in [3.05, 3.63) is 29.8 Å². The lowest BCUT2D eigenvalue weighted by Gasteiger charge is -2.28. The van der Waals surface area contributed by atoms with Gasteiger partial charge in [0.1, 0.15) is 0 Å². The van der Waals surface area contributed by atoms with Gasteiger partial charge in [-0.05, 0) is 52.3 Å². The van der Waals surface area contributed by atoms with Crippen LogP contribution in [-0.4, -0.2) is 28.9 Å². The molecule has 0 spiro atoms. The zero-order chi connectivity index (χ0) is 15.3. The molecule has 0 saturated carbocycles. The van der Waals surface area contributed by atoms with E-state index in [9.17, 15) is 4.79 Å². The van der Waals surface area contributed by atoms with Crippen LogP contribution in [0.3, 0.4) is 0 Å². The van der Waals surface area contributed by atoms with Gasteiger partial charge in [-0.2, -0.15) is 0 Å².